The topological polar surface area (TPSA) is 26.3 Å². The molecule has 0 N–H and O–H groups in total. The molecule has 2 aromatic heterocycles. The standard InChI is InChI=1S/C26H26O2/c1-25(2,3)15-7-9-17-19-13-24-20(14-23(19)27-21(17)11-15)18-10-8-16(26(4,5)6)12-22(18)28-24/h7-14H,1-6H3. The van der Waals surface area contributed by atoms with Crippen molar-refractivity contribution in [3.05, 3.63) is 59.7 Å². The first kappa shape index (κ1) is 17.4. The van der Waals surface area contributed by atoms with E-state index in [0.717, 1.165) is 43.9 Å². The molecule has 0 aliphatic heterocycles. The highest BCUT2D eigenvalue weighted by molar-refractivity contribution is 6.14. The van der Waals surface area contributed by atoms with Crippen molar-refractivity contribution in [1.29, 1.82) is 0 Å². The van der Waals surface area contributed by atoms with Crippen molar-refractivity contribution in [2.45, 2.75) is 52.4 Å². The van der Waals surface area contributed by atoms with Gasteiger partial charge in [0.2, 0.25) is 0 Å². The lowest BCUT2D eigenvalue weighted by molar-refractivity contribution is 0.587. The average Bonchev–Trinajstić information content (AvgIpc) is 3.14. The molecular formula is C26H26O2. The lowest BCUT2D eigenvalue weighted by Crippen LogP contribution is -2.10. The molecule has 0 unspecified atom stereocenters. The van der Waals surface area contributed by atoms with E-state index in [1.54, 1.807) is 0 Å². The van der Waals surface area contributed by atoms with Crippen molar-refractivity contribution in [2.75, 3.05) is 0 Å². The van der Waals surface area contributed by atoms with E-state index in [1.807, 2.05) is 0 Å². The Bertz CT molecular complexity index is 1260. The molecule has 5 rings (SSSR count). The van der Waals surface area contributed by atoms with Gasteiger partial charge in [-0.25, -0.2) is 0 Å². The van der Waals surface area contributed by atoms with Crippen LogP contribution in [0.1, 0.15) is 52.7 Å². The first-order chi connectivity index (χ1) is 13.1. The van der Waals surface area contributed by atoms with Gasteiger partial charge >= 0.3 is 0 Å². The van der Waals surface area contributed by atoms with Crippen LogP contribution in [0.3, 0.4) is 0 Å². The minimum Gasteiger partial charge on any atom is -0.456 e. The van der Waals surface area contributed by atoms with E-state index in [2.05, 4.69) is 90.1 Å². The van der Waals surface area contributed by atoms with Gasteiger partial charge in [0, 0.05) is 21.5 Å². The lowest BCUT2D eigenvalue weighted by Gasteiger charge is -2.18. The molecule has 0 aliphatic carbocycles. The van der Waals surface area contributed by atoms with Gasteiger partial charge < -0.3 is 8.83 Å². The van der Waals surface area contributed by atoms with Crippen molar-refractivity contribution in [1.82, 2.24) is 0 Å². The molecular weight excluding hydrogens is 344 g/mol. The molecule has 28 heavy (non-hydrogen) atoms. The maximum atomic E-state index is 6.25. The number of fused-ring (bicyclic) bond motifs is 6. The summed E-state index contributed by atoms with van der Waals surface area (Å²) in [5.74, 6) is 0. The summed E-state index contributed by atoms with van der Waals surface area (Å²) in [5.41, 5.74) is 6.46. The van der Waals surface area contributed by atoms with Crippen molar-refractivity contribution in [2.24, 2.45) is 0 Å². The van der Waals surface area contributed by atoms with Crippen molar-refractivity contribution in [3.8, 4) is 0 Å². The highest BCUT2D eigenvalue weighted by Crippen LogP contribution is 2.38. The summed E-state index contributed by atoms with van der Waals surface area (Å²) >= 11 is 0. The van der Waals surface area contributed by atoms with Gasteiger partial charge in [-0.05, 0) is 46.2 Å². The summed E-state index contributed by atoms with van der Waals surface area (Å²) in [5, 5.41) is 4.50. The third-order valence-corrected chi connectivity index (χ3v) is 5.80. The van der Waals surface area contributed by atoms with Crippen LogP contribution in [0.25, 0.3) is 43.9 Å². The zero-order valence-electron chi connectivity index (χ0n) is 17.4. The molecule has 0 spiro atoms. The number of hydrogen-bond acceptors (Lipinski definition) is 2. The summed E-state index contributed by atoms with van der Waals surface area (Å²) in [6.45, 7) is 13.3. The fraction of sp³-hybridized carbons (Fsp3) is 0.308. The van der Waals surface area contributed by atoms with E-state index in [0.29, 0.717) is 0 Å². The summed E-state index contributed by atoms with van der Waals surface area (Å²) in [7, 11) is 0. The summed E-state index contributed by atoms with van der Waals surface area (Å²) in [6, 6.07) is 17.4. The van der Waals surface area contributed by atoms with E-state index in [9.17, 15) is 0 Å². The van der Waals surface area contributed by atoms with Crippen LogP contribution >= 0.6 is 0 Å². The Hall–Kier alpha value is -2.74. The molecule has 3 aromatic carbocycles. The third-order valence-electron chi connectivity index (χ3n) is 5.80. The molecule has 5 aromatic rings. The van der Waals surface area contributed by atoms with Crippen molar-refractivity contribution in [3.63, 3.8) is 0 Å². The van der Waals surface area contributed by atoms with Gasteiger partial charge in [0.25, 0.3) is 0 Å². The first-order valence-corrected chi connectivity index (χ1v) is 9.95. The molecule has 2 heteroatoms. The molecule has 142 valence electrons. The molecule has 0 saturated carbocycles. The second-order valence-corrected chi connectivity index (χ2v) is 9.97. The van der Waals surface area contributed by atoms with Gasteiger partial charge in [0.15, 0.2) is 0 Å². The molecule has 0 radical (unpaired) electrons. The van der Waals surface area contributed by atoms with E-state index in [-0.39, 0.29) is 10.8 Å². The molecule has 0 atom stereocenters. The Morgan fingerprint density at radius 3 is 1.18 bits per heavy atom. The second kappa shape index (κ2) is 5.41. The van der Waals surface area contributed by atoms with Gasteiger partial charge in [-0.15, -0.1) is 0 Å². The highest BCUT2D eigenvalue weighted by Gasteiger charge is 2.19. The SMILES string of the molecule is CC(C)(C)c1ccc2c(c1)oc1cc3c(cc12)oc1cc(C(C)(C)C)ccc13. The Morgan fingerprint density at radius 1 is 0.464 bits per heavy atom. The largest absolute Gasteiger partial charge is 0.456 e. The summed E-state index contributed by atoms with van der Waals surface area (Å²) in [6.07, 6.45) is 0. The van der Waals surface area contributed by atoms with Crippen LogP contribution in [-0.2, 0) is 10.8 Å². The van der Waals surface area contributed by atoms with E-state index >= 15 is 0 Å². The van der Waals surface area contributed by atoms with Crippen LogP contribution in [0.15, 0.2) is 57.4 Å². The van der Waals surface area contributed by atoms with Gasteiger partial charge in [-0.2, -0.15) is 0 Å². The Labute approximate surface area is 165 Å². The number of benzene rings is 3. The quantitative estimate of drug-likeness (QED) is 0.275. The summed E-state index contributed by atoms with van der Waals surface area (Å²) < 4.78 is 12.5. The number of rotatable bonds is 0. The highest BCUT2D eigenvalue weighted by atomic mass is 16.3. The van der Waals surface area contributed by atoms with E-state index < -0.39 is 0 Å². The molecule has 0 saturated heterocycles. The second-order valence-electron chi connectivity index (χ2n) is 9.97. The summed E-state index contributed by atoms with van der Waals surface area (Å²) in [4.78, 5) is 0. The number of hydrogen-bond donors (Lipinski definition) is 0. The van der Waals surface area contributed by atoms with E-state index in [1.165, 1.54) is 11.1 Å². The monoisotopic (exact) mass is 370 g/mol. The van der Waals surface area contributed by atoms with Crippen molar-refractivity contribution >= 4 is 43.9 Å². The van der Waals surface area contributed by atoms with Crippen LogP contribution in [0.2, 0.25) is 0 Å². The smallest absolute Gasteiger partial charge is 0.136 e. The van der Waals surface area contributed by atoms with Gasteiger partial charge in [0.05, 0.1) is 0 Å². The minimum absolute atomic E-state index is 0.0989. The van der Waals surface area contributed by atoms with Crippen LogP contribution in [0, 0.1) is 0 Å². The molecule has 0 amide bonds. The first-order valence-electron chi connectivity index (χ1n) is 9.95. The maximum Gasteiger partial charge on any atom is 0.136 e. The predicted octanol–water partition coefficient (Wildman–Crippen LogP) is 8.08. The zero-order chi connectivity index (χ0) is 19.8. The van der Waals surface area contributed by atoms with Gasteiger partial charge in [0.1, 0.15) is 22.3 Å². The normalized spacial score (nSPS) is 13.4. The Kier molecular flexibility index (Phi) is 3.35. The van der Waals surface area contributed by atoms with Crippen LogP contribution < -0.4 is 0 Å². The van der Waals surface area contributed by atoms with Crippen LogP contribution in [-0.4, -0.2) is 0 Å². The average molecular weight is 370 g/mol. The third kappa shape index (κ3) is 2.55. The Balaban J connectivity index is 1.77. The van der Waals surface area contributed by atoms with Crippen LogP contribution in [0.4, 0.5) is 0 Å². The minimum atomic E-state index is 0.0989. The molecule has 0 fully saturated rings. The van der Waals surface area contributed by atoms with Crippen molar-refractivity contribution < 1.29 is 8.83 Å². The maximum absolute atomic E-state index is 6.25. The fourth-order valence-electron chi connectivity index (χ4n) is 3.98. The predicted molar refractivity (Wildman–Crippen MR) is 118 cm³/mol. The van der Waals surface area contributed by atoms with E-state index in [4.69, 9.17) is 8.83 Å². The molecule has 0 aliphatic rings. The Morgan fingerprint density at radius 2 is 0.821 bits per heavy atom. The lowest BCUT2D eigenvalue weighted by atomic mass is 9.86. The zero-order valence-corrected chi connectivity index (χ0v) is 17.4. The molecule has 2 heterocycles. The number of furan rings is 2. The fourth-order valence-corrected chi connectivity index (χ4v) is 3.98. The molecule has 2 nitrogen and oxygen atoms in total. The van der Waals surface area contributed by atoms with Gasteiger partial charge in [-0.3, -0.25) is 0 Å². The molecule has 0 bridgehead atoms. The van der Waals surface area contributed by atoms with Crippen LogP contribution in [0.5, 0.6) is 0 Å². The van der Waals surface area contributed by atoms with Gasteiger partial charge in [-0.1, -0.05) is 65.8 Å².